The first-order valence-corrected chi connectivity index (χ1v) is 8.02. The highest BCUT2D eigenvalue weighted by Gasteiger charge is 2.32. The molecule has 114 valence electrons. The maximum absolute atomic E-state index is 12.6. The van der Waals surface area contributed by atoms with Crippen LogP contribution in [0, 0.1) is 0 Å². The third-order valence-electron chi connectivity index (χ3n) is 3.48. The van der Waals surface area contributed by atoms with Crippen LogP contribution in [0.5, 0.6) is 0 Å². The summed E-state index contributed by atoms with van der Waals surface area (Å²) in [6.07, 6.45) is 1.39. The van der Waals surface area contributed by atoms with E-state index in [-0.39, 0.29) is 17.5 Å². The lowest BCUT2D eigenvalue weighted by molar-refractivity contribution is -0.121. The molecule has 0 radical (unpaired) electrons. The first kappa shape index (κ1) is 14.9. The summed E-state index contributed by atoms with van der Waals surface area (Å²) in [6, 6.07) is 6.62. The largest absolute Gasteiger partial charge is 0.339 e. The summed E-state index contributed by atoms with van der Waals surface area (Å²) in [5.41, 5.74) is 0.899. The van der Waals surface area contributed by atoms with Gasteiger partial charge in [0.15, 0.2) is 5.69 Å². The summed E-state index contributed by atoms with van der Waals surface area (Å²) < 4.78 is 3.65. The van der Waals surface area contributed by atoms with Crippen molar-refractivity contribution < 1.29 is 9.59 Å². The molecule has 1 saturated heterocycles. The van der Waals surface area contributed by atoms with Gasteiger partial charge >= 0.3 is 0 Å². The van der Waals surface area contributed by atoms with Crippen molar-refractivity contribution >= 4 is 40.6 Å². The molecular formula is C14H13ClN4O2S. The zero-order valence-corrected chi connectivity index (χ0v) is 13.1. The highest BCUT2D eigenvalue weighted by Crippen LogP contribution is 2.28. The molecule has 1 N–H and O–H groups in total. The Balaban J connectivity index is 1.76. The van der Waals surface area contributed by atoms with Gasteiger partial charge in [-0.05, 0) is 36.5 Å². The second-order valence-corrected chi connectivity index (χ2v) is 5.92. The van der Waals surface area contributed by atoms with Crippen LogP contribution in [-0.4, -0.2) is 34.0 Å². The van der Waals surface area contributed by atoms with Gasteiger partial charge in [-0.2, -0.15) is 0 Å². The van der Waals surface area contributed by atoms with Crippen LogP contribution in [0.25, 0.3) is 0 Å². The molecule has 0 spiro atoms. The minimum atomic E-state index is -0.570. The fraction of sp³-hybridized carbons (Fsp3) is 0.286. The molecule has 1 aliphatic heterocycles. The molecule has 8 heteroatoms. The molecule has 2 amide bonds. The average Bonchev–Trinajstić information content (AvgIpc) is 3.05. The number of carbonyl (C=O) groups excluding carboxylic acids is 2. The van der Waals surface area contributed by atoms with Gasteiger partial charge in [0.05, 0.1) is 10.7 Å². The Morgan fingerprint density at radius 2 is 2.23 bits per heavy atom. The van der Waals surface area contributed by atoms with Crippen LogP contribution in [0.4, 0.5) is 5.69 Å². The molecule has 1 atom stereocenters. The number of carbonyl (C=O) groups is 2. The number of rotatable bonds is 3. The molecule has 1 aromatic carbocycles. The lowest BCUT2D eigenvalue weighted by Crippen LogP contribution is -2.52. The number of para-hydroxylation sites is 1. The number of hydrogen-bond acceptors (Lipinski definition) is 5. The maximum Gasteiger partial charge on any atom is 0.273 e. The molecule has 0 saturated carbocycles. The number of piperidine rings is 1. The highest BCUT2D eigenvalue weighted by atomic mass is 35.5. The van der Waals surface area contributed by atoms with Gasteiger partial charge in [0.25, 0.3) is 5.91 Å². The Labute approximate surface area is 136 Å². The van der Waals surface area contributed by atoms with Gasteiger partial charge in [0.2, 0.25) is 5.91 Å². The van der Waals surface area contributed by atoms with Crippen molar-refractivity contribution in [3.8, 4) is 0 Å². The summed E-state index contributed by atoms with van der Waals surface area (Å²) >= 11 is 7.25. The first-order chi connectivity index (χ1) is 10.7. The zero-order chi connectivity index (χ0) is 15.5. The molecule has 2 aromatic rings. The fourth-order valence-electron chi connectivity index (χ4n) is 2.41. The molecule has 1 aliphatic rings. The summed E-state index contributed by atoms with van der Waals surface area (Å²) in [7, 11) is 0. The van der Waals surface area contributed by atoms with Crippen LogP contribution in [0.3, 0.4) is 0 Å². The predicted molar refractivity (Wildman–Crippen MR) is 84.2 cm³/mol. The second-order valence-electron chi connectivity index (χ2n) is 4.90. The number of nitrogens with zero attached hydrogens (tertiary/aromatic N) is 3. The van der Waals surface area contributed by atoms with E-state index in [1.54, 1.807) is 22.4 Å². The van der Waals surface area contributed by atoms with E-state index in [2.05, 4.69) is 14.9 Å². The van der Waals surface area contributed by atoms with E-state index in [9.17, 15) is 9.59 Å². The molecule has 1 aromatic heterocycles. The van der Waals surface area contributed by atoms with Crippen LogP contribution < -0.4 is 10.2 Å². The number of anilines is 1. The maximum atomic E-state index is 12.6. The molecule has 0 bridgehead atoms. The van der Waals surface area contributed by atoms with Crippen molar-refractivity contribution in [2.24, 2.45) is 0 Å². The summed E-state index contributed by atoms with van der Waals surface area (Å²) in [6.45, 7) is 0.590. The molecule has 22 heavy (non-hydrogen) atoms. The Kier molecular flexibility index (Phi) is 4.35. The van der Waals surface area contributed by atoms with E-state index < -0.39 is 6.04 Å². The first-order valence-electron chi connectivity index (χ1n) is 6.80. The number of halogens is 1. The number of nitrogens with one attached hydrogen (secondary N) is 1. The molecular weight excluding hydrogens is 324 g/mol. The standard InChI is InChI=1S/C14H13ClN4O2S/c15-9-4-1-2-6-12(9)19-7-3-5-10(14(19)21)16-13(20)11-8-22-18-17-11/h1-2,4,6,8,10H,3,5,7H2,(H,16,20)/t10-/m1/s1. The highest BCUT2D eigenvalue weighted by molar-refractivity contribution is 7.03. The van der Waals surface area contributed by atoms with Crippen molar-refractivity contribution in [3.63, 3.8) is 0 Å². The zero-order valence-electron chi connectivity index (χ0n) is 11.5. The van der Waals surface area contributed by atoms with Crippen LogP contribution >= 0.6 is 23.1 Å². The quantitative estimate of drug-likeness (QED) is 0.931. The average molecular weight is 337 g/mol. The van der Waals surface area contributed by atoms with Crippen molar-refractivity contribution in [2.75, 3.05) is 11.4 Å². The number of aromatic nitrogens is 2. The van der Waals surface area contributed by atoms with Gasteiger partial charge in [-0.25, -0.2) is 0 Å². The molecule has 2 heterocycles. The van der Waals surface area contributed by atoms with Gasteiger partial charge in [-0.15, -0.1) is 5.10 Å². The van der Waals surface area contributed by atoms with Crippen LogP contribution in [0.2, 0.25) is 5.02 Å². The van der Waals surface area contributed by atoms with Gasteiger partial charge in [0.1, 0.15) is 6.04 Å². The van der Waals surface area contributed by atoms with E-state index in [0.717, 1.165) is 18.0 Å². The minimum Gasteiger partial charge on any atom is -0.339 e. The molecule has 3 rings (SSSR count). The Morgan fingerprint density at radius 1 is 1.41 bits per heavy atom. The van der Waals surface area contributed by atoms with Crippen molar-refractivity contribution in [2.45, 2.75) is 18.9 Å². The van der Waals surface area contributed by atoms with Gasteiger partial charge < -0.3 is 10.2 Å². The second kappa shape index (κ2) is 6.41. The SMILES string of the molecule is O=C(N[C@@H]1CCCN(c2ccccc2Cl)C1=O)c1csnn1. The number of hydrogen-bond donors (Lipinski definition) is 1. The van der Waals surface area contributed by atoms with Gasteiger partial charge in [-0.1, -0.05) is 28.2 Å². The van der Waals surface area contributed by atoms with E-state index in [4.69, 9.17) is 11.6 Å². The normalized spacial score (nSPS) is 18.3. The smallest absolute Gasteiger partial charge is 0.273 e. The van der Waals surface area contributed by atoms with Crippen LogP contribution in [-0.2, 0) is 4.79 Å². The summed E-state index contributed by atoms with van der Waals surface area (Å²) in [4.78, 5) is 26.2. The lowest BCUT2D eigenvalue weighted by Gasteiger charge is -2.33. The monoisotopic (exact) mass is 336 g/mol. The van der Waals surface area contributed by atoms with E-state index in [0.29, 0.717) is 23.7 Å². The fourth-order valence-corrected chi connectivity index (χ4v) is 3.09. The van der Waals surface area contributed by atoms with Crippen LogP contribution in [0.1, 0.15) is 23.3 Å². The predicted octanol–water partition coefficient (Wildman–Crippen LogP) is 2.12. The molecule has 6 nitrogen and oxygen atoms in total. The molecule has 0 unspecified atom stereocenters. The number of benzene rings is 1. The lowest BCUT2D eigenvalue weighted by atomic mass is 10.0. The van der Waals surface area contributed by atoms with Crippen molar-refractivity contribution in [1.29, 1.82) is 0 Å². The summed E-state index contributed by atoms with van der Waals surface area (Å²) in [5.74, 6) is -0.538. The molecule has 0 aliphatic carbocycles. The Morgan fingerprint density at radius 3 is 2.95 bits per heavy atom. The van der Waals surface area contributed by atoms with Crippen molar-refractivity contribution in [1.82, 2.24) is 14.9 Å². The number of amides is 2. The van der Waals surface area contributed by atoms with E-state index in [1.165, 1.54) is 0 Å². The van der Waals surface area contributed by atoms with Crippen molar-refractivity contribution in [3.05, 3.63) is 40.4 Å². The van der Waals surface area contributed by atoms with Gasteiger partial charge in [0, 0.05) is 11.9 Å². The van der Waals surface area contributed by atoms with E-state index >= 15 is 0 Å². The molecule has 1 fully saturated rings. The summed E-state index contributed by atoms with van der Waals surface area (Å²) in [5, 5.41) is 8.50. The third-order valence-corrected chi connectivity index (χ3v) is 4.30. The third kappa shape index (κ3) is 2.95. The minimum absolute atomic E-state index is 0.157. The van der Waals surface area contributed by atoms with Gasteiger partial charge in [-0.3, -0.25) is 9.59 Å². The van der Waals surface area contributed by atoms with Crippen LogP contribution in [0.15, 0.2) is 29.6 Å². The topological polar surface area (TPSA) is 75.2 Å². The Bertz CT molecular complexity index is 692. The van der Waals surface area contributed by atoms with E-state index in [1.807, 2.05) is 12.1 Å². The Hall–Kier alpha value is -1.99.